The SMILES string of the molecule is COC(=O)C1=C(N)N(c2ccc(F)cc2)C2=C(C(=O)CC(C)(C)C2)[C@@H]1c1ccc(OC)c(OC)c1. The maximum atomic E-state index is 13.7. The fourth-order valence-corrected chi connectivity index (χ4v) is 4.97. The number of hydrogen-bond acceptors (Lipinski definition) is 7. The summed E-state index contributed by atoms with van der Waals surface area (Å²) in [6.07, 6.45) is 0.839. The lowest BCUT2D eigenvalue weighted by Crippen LogP contribution is -2.43. The molecule has 2 aliphatic rings. The van der Waals surface area contributed by atoms with E-state index in [9.17, 15) is 14.0 Å². The van der Waals surface area contributed by atoms with Crippen LogP contribution in [-0.2, 0) is 14.3 Å². The van der Waals surface area contributed by atoms with Crippen LogP contribution < -0.4 is 20.1 Å². The molecule has 7 nitrogen and oxygen atoms in total. The smallest absolute Gasteiger partial charge is 0.338 e. The first-order chi connectivity index (χ1) is 16.6. The van der Waals surface area contributed by atoms with E-state index in [0.29, 0.717) is 46.9 Å². The van der Waals surface area contributed by atoms with Gasteiger partial charge in [0, 0.05) is 23.4 Å². The van der Waals surface area contributed by atoms with Gasteiger partial charge >= 0.3 is 5.97 Å². The van der Waals surface area contributed by atoms with E-state index in [0.717, 1.165) is 0 Å². The third-order valence-corrected chi connectivity index (χ3v) is 6.49. The Labute approximate surface area is 204 Å². The van der Waals surface area contributed by atoms with Gasteiger partial charge in [-0.3, -0.25) is 9.69 Å². The normalized spacial score (nSPS) is 19.4. The van der Waals surface area contributed by atoms with Gasteiger partial charge in [0.1, 0.15) is 11.6 Å². The molecule has 0 bridgehead atoms. The van der Waals surface area contributed by atoms with Gasteiger partial charge in [-0.25, -0.2) is 9.18 Å². The fraction of sp³-hybridized carbons (Fsp3) is 0.333. The molecule has 184 valence electrons. The van der Waals surface area contributed by atoms with Gasteiger partial charge in [-0.2, -0.15) is 0 Å². The number of halogens is 1. The molecular weight excluding hydrogens is 451 g/mol. The van der Waals surface area contributed by atoms with Crippen molar-refractivity contribution in [3.05, 3.63) is 76.5 Å². The molecular formula is C27H29FN2O5. The minimum atomic E-state index is -0.766. The molecule has 1 atom stereocenters. The van der Waals surface area contributed by atoms with Crippen LogP contribution in [0.4, 0.5) is 10.1 Å². The molecule has 4 rings (SSSR count). The minimum Gasteiger partial charge on any atom is -0.493 e. The van der Waals surface area contributed by atoms with Crippen molar-refractivity contribution in [2.45, 2.75) is 32.6 Å². The lowest BCUT2D eigenvalue weighted by molar-refractivity contribution is -0.136. The number of hydrogen-bond donors (Lipinski definition) is 1. The molecule has 1 heterocycles. The Hall–Kier alpha value is -3.81. The maximum Gasteiger partial charge on any atom is 0.338 e. The number of nitrogens with two attached hydrogens (primary N) is 1. The van der Waals surface area contributed by atoms with Gasteiger partial charge in [-0.05, 0) is 53.8 Å². The highest BCUT2D eigenvalue weighted by Gasteiger charge is 2.46. The van der Waals surface area contributed by atoms with Crippen LogP contribution in [0.1, 0.15) is 38.2 Å². The molecule has 0 radical (unpaired) electrons. The van der Waals surface area contributed by atoms with Gasteiger partial charge in [0.25, 0.3) is 0 Å². The number of rotatable bonds is 5. The first-order valence-corrected chi connectivity index (χ1v) is 11.2. The average molecular weight is 481 g/mol. The predicted octanol–water partition coefficient (Wildman–Crippen LogP) is 4.43. The van der Waals surface area contributed by atoms with Crippen molar-refractivity contribution in [3.8, 4) is 11.5 Å². The van der Waals surface area contributed by atoms with Crippen molar-refractivity contribution in [2.75, 3.05) is 26.2 Å². The molecule has 0 fully saturated rings. The summed E-state index contributed by atoms with van der Waals surface area (Å²) >= 11 is 0. The Morgan fingerprint density at radius 3 is 2.29 bits per heavy atom. The lowest BCUT2D eigenvalue weighted by atomic mass is 9.68. The number of ether oxygens (including phenoxy) is 3. The van der Waals surface area contributed by atoms with Crippen molar-refractivity contribution in [3.63, 3.8) is 0 Å². The molecule has 0 saturated carbocycles. The summed E-state index contributed by atoms with van der Waals surface area (Å²) in [5.74, 6) is -0.805. The summed E-state index contributed by atoms with van der Waals surface area (Å²) in [6, 6.07) is 11.0. The topological polar surface area (TPSA) is 91.1 Å². The molecule has 0 amide bonds. The quantitative estimate of drug-likeness (QED) is 0.633. The molecule has 2 aromatic carbocycles. The summed E-state index contributed by atoms with van der Waals surface area (Å²) in [6.45, 7) is 4.03. The lowest BCUT2D eigenvalue weighted by Gasteiger charge is -2.44. The average Bonchev–Trinajstić information content (AvgIpc) is 2.82. The Morgan fingerprint density at radius 2 is 1.69 bits per heavy atom. The highest BCUT2D eigenvalue weighted by molar-refractivity contribution is 6.05. The summed E-state index contributed by atoms with van der Waals surface area (Å²) in [7, 11) is 4.32. The number of carbonyl (C=O) groups excluding carboxylic acids is 2. The zero-order chi connectivity index (χ0) is 25.5. The van der Waals surface area contributed by atoms with Crippen LogP contribution in [0, 0.1) is 11.2 Å². The number of anilines is 1. The number of nitrogens with zero attached hydrogens (tertiary/aromatic N) is 1. The molecule has 0 saturated heterocycles. The molecule has 0 aromatic heterocycles. The van der Waals surface area contributed by atoms with E-state index in [1.54, 1.807) is 35.2 Å². The van der Waals surface area contributed by atoms with Gasteiger partial charge in [-0.1, -0.05) is 19.9 Å². The summed E-state index contributed by atoms with van der Waals surface area (Å²) in [5.41, 5.74) is 8.82. The van der Waals surface area contributed by atoms with E-state index < -0.39 is 17.7 Å². The predicted molar refractivity (Wildman–Crippen MR) is 129 cm³/mol. The number of methoxy groups -OCH3 is 3. The van der Waals surface area contributed by atoms with E-state index in [1.165, 1.54) is 33.5 Å². The van der Waals surface area contributed by atoms with E-state index in [2.05, 4.69) is 0 Å². The standard InChI is InChI=1S/C27H29FN2O5/c1-27(2)13-18-23(19(31)14-27)22(15-6-11-20(33-3)21(12-15)34-4)24(26(32)35-5)25(29)30(18)17-9-7-16(28)8-10-17/h6-12,22H,13-14,29H2,1-5H3/t22-/m0/s1. The Kier molecular flexibility index (Phi) is 6.32. The number of carbonyl (C=O) groups is 2. The zero-order valence-corrected chi connectivity index (χ0v) is 20.5. The second-order valence-corrected chi connectivity index (χ2v) is 9.45. The summed E-state index contributed by atoms with van der Waals surface area (Å²) in [5, 5.41) is 0. The van der Waals surface area contributed by atoms with Crippen LogP contribution in [0.25, 0.3) is 0 Å². The van der Waals surface area contributed by atoms with Crippen LogP contribution in [0.2, 0.25) is 0 Å². The second kappa shape index (κ2) is 9.09. The van der Waals surface area contributed by atoms with Crippen LogP contribution in [0.5, 0.6) is 11.5 Å². The van der Waals surface area contributed by atoms with Gasteiger partial charge in [0.2, 0.25) is 0 Å². The summed E-state index contributed by atoms with van der Waals surface area (Å²) < 4.78 is 29.7. The third kappa shape index (κ3) is 4.24. The molecule has 2 N–H and O–H groups in total. The molecule has 0 spiro atoms. The Balaban J connectivity index is 2.03. The molecule has 1 aliphatic carbocycles. The molecule has 2 aromatic rings. The van der Waals surface area contributed by atoms with E-state index in [-0.39, 0.29) is 22.6 Å². The van der Waals surface area contributed by atoms with Crippen LogP contribution in [-0.4, -0.2) is 33.1 Å². The van der Waals surface area contributed by atoms with Gasteiger partial charge in [-0.15, -0.1) is 0 Å². The van der Waals surface area contributed by atoms with E-state index in [4.69, 9.17) is 19.9 Å². The highest BCUT2D eigenvalue weighted by atomic mass is 19.1. The van der Waals surface area contributed by atoms with Crippen LogP contribution >= 0.6 is 0 Å². The minimum absolute atomic E-state index is 0.0861. The number of allylic oxidation sites excluding steroid dienone is 2. The Bertz CT molecular complexity index is 1250. The third-order valence-electron chi connectivity index (χ3n) is 6.49. The molecule has 8 heteroatoms. The highest BCUT2D eigenvalue weighted by Crippen LogP contribution is 2.51. The largest absolute Gasteiger partial charge is 0.493 e. The van der Waals surface area contributed by atoms with Crippen LogP contribution in [0.3, 0.4) is 0 Å². The number of ketones is 1. The monoisotopic (exact) mass is 480 g/mol. The fourth-order valence-electron chi connectivity index (χ4n) is 4.97. The maximum absolute atomic E-state index is 13.7. The second-order valence-electron chi connectivity index (χ2n) is 9.45. The van der Waals surface area contributed by atoms with Gasteiger partial charge in [0.15, 0.2) is 17.3 Å². The first kappa shape index (κ1) is 24.3. The van der Waals surface area contributed by atoms with Crippen molar-refractivity contribution in [1.82, 2.24) is 0 Å². The molecule has 35 heavy (non-hydrogen) atoms. The summed E-state index contributed by atoms with van der Waals surface area (Å²) in [4.78, 5) is 28.5. The number of Topliss-reactive ketones (excluding diaryl/α,β-unsaturated/α-hetero) is 1. The van der Waals surface area contributed by atoms with Crippen molar-refractivity contribution >= 4 is 17.4 Å². The number of benzene rings is 2. The van der Waals surface area contributed by atoms with E-state index in [1.807, 2.05) is 13.8 Å². The van der Waals surface area contributed by atoms with Gasteiger partial charge in [0.05, 0.1) is 32.8 Å². The zero-order valence-electron chi connectivity index (χ0n) is 20.5. The van der Waals surface area contributed by atoms with Crippen LogP contribution in [0.15, 0.2) is 65.1 Å². The first-order valence-electron chi connectivity index (χ1n) is 11.2. The molecule has 1 aliphatic heterocycles. The van der Waals surface area contributed by atoms with Crippen molar-refractivity contribution in [2.24, 2.45) is 11.1 Å². The van der Waals surface area contributed by atoms with Crippen molar-refractivity contribution in [1.29, 1.82) is 0 Å². The van der Waals surface area contributed by atoms with Gasteiger partial charge < -0.3 is 19.9 Å². The van der Waals surface area contributed by atoms with E-state index >= 15 is 0 Å². The Morgan fingerprint density at radius 1 is 1.03 bits per heavy atom. The van der Waals surface area contributed by atoms with Crippen molar-refractivity contribution < 1.29 is 28.2 Å². The molecule has 0 unspecified atom stereocenters. The number of esters is 1.